The molecule has 0 spiro atoms. The molecule has 1 aromatic rings. The fraction of sp³-hybridized carbons (Fsp3) is 0.526. The van der Waals surface area contributed by atoms with E-state index in [9.17, 15) is 14.4 Å². The van der Waals surface area contributed by atoms with Crippen LogP contribution >= 0.6 is 11.6 Å². The van der Waals surface area contributed by atoms with E-state index in [-0.39, 0.29) is 41.1 Å². The summed E-state index contributed by atoms with van der Waals surface area (Å²) >= 11 is 6.16. The molecular formula is C19H25ClN2O6. The molecule has 0 radical (unpaired) electrons. The van der Waals surface area contributed by atoms with Gasteiger partial charge in [0.25, 0.3) is 5.91 Å². The van der Waals surface area contributed by atoms with Gasteiger partial charge in [0.1, 0.15) is 11.3 Å². The number of methoxy groups -OCH3 is 3. The first-order chi connectivity index (χ1) is 13.4. The van der Waals surface area contributed by atoms with E-state index in [1.54, 1.807) is 12.1 Å². The van der Waals surface area contributed by atoms with Gasteiger partial charge in [0, 0.05) is 25.9 Å². The third-order valence-electron chi connectivity index (χ3n) is 4.51. The Bertz CT molecular complexity index is 739. The van der Waals surface area contributed by atoms with Gasteiger partial charge in [-0.1, -0.05) is 11.6 Å². The highest BCUT2D eigenvalue weighted by Crippen LogP contribution is 2.37. The third-order valence-corrected chi connectivity index (χ3v) is 4.81. The molecule has 0 aromatic heterocycles. The molecule has 9 heteroatoms. The fourth-order valence-corrected chi connectivity index (χ4v) is 3.33. The van der Waals surface area contributed by atoms with E-state index in [4.69, 9.17) is 21.1 Å². The molecular weight excluding hydrogens is 388 g/mol. The van der Waals surface area contributed by atoms with Gasteiger partial charge >= 0.3 is 5.97 Å². The number of halogens is 1. The zero-order valence-corrected chi connectivity index (χ0v) is 17.1. The van der Waals surface area contributed by atoms with Gasteiger partial charge in [0.15, 0.2) is 5.75 Å². The monoisotopic (exact) mass is 412 g/mol. The van der Waals surface area contributed by atoms with Crippen LogP contribution in [0.25, 0.3) is 0 Å². The van der Waals surface area contributed by atoms with Gasteiger partial charge in [-0.25, -0.2) is 5.01 Å². The standard InChI is InChI=1S/C19H25ClN2O6/c1-26-14-10-9-13(20)18(28-3)17(14)19(25)22-12-6-11-21(22)15(23)7-4-5-8-16(24)27-2/h9-10H,4-8,11-12H2,1-3H3. The molecule has 1 aliphatic heterocycles. The lowest BCUT2D eigenvalue weighted by molar-refractivity contribution is -0.142. The van der Waals surface area contributed by atoms with Crippen molar-refractivity contribution >= 4 is 29.4 Å². The van der Waals surface area contributed by atoms with Crippen LogP contribution in [0.4, 0.5) is 0 Å². The van der Waals surface area contributed by atoms with Gasteiger partial charge in [-0.2, -0.15) is 0 Å². The first-order valence-corrected chi connectivity index (χ1v) is 9.41. The van der Waals surface area contributed by atoms with Gasteiger partial charge in [0.2, 0.25) is 5.91 Å². The Kier molecular flexibility index (Phi) is 7.92. The normalized spacial score (nSPS) is 13.4. The molecule has 2 rings (SSSR count). The van der Waals surface area contributed by atoms with Crippen LogP contribution in [-0.2, 0) is 14.3 Å². The maximum absolute atomic E-state index is 13.2. The van der Waals surface area contributed by atoms with E-state index in [1.807, 2.05) is 0 Å². The van der Waals surface area contributed by atoms with E-state index in [2.05, 4.69) is 4.74 Å². The highest BCUT2D eigenvalue weighted by atomic mass is 35.5. The Labute approximate surface area is 169 Å². The summed E-state index contributed by atoms with van der Waals surface area (Å²) < 4.78 is 15.2. The van der Waals surface area contributed by atoms with Crippen LogP contribution < -0.4 is 9.47 Å². The zero-order chi connectivity index (χ0) is 20.7. The minimum Gasteiger partial charge on any atom is -0.496 e. The van der Waals surface area contributed by atoms with Gasteiger partial charge < -0.3 is 14.2 Å². The number of amides is 2. The second-order valence-electron chi connectivity index (χ2n) is 6.24. The maximum atomic E-state index is 13.2. The number of esters is 1. The summed E-state index contributed by atoms with van der Waals surface area (Å²) in [6.07, 6.45) is 2.27. The maximum Gasteiger partial charge on any atom is 0.305 e. The number of hydrogen-bond donors (Lipinski definition) is 0. The lowest BCUT2D eigenvalue weighted by Gasteiger charge is -2.29. The first-order valence-electron chi connectivity index (χ1n) is 9.04. The second kappa shape index (κ2) is 10.2. The molecule has 0 aliphatic carbocycles. The van der Waals surface area contributed by atoms with E-state index in [0.717, 1.165) is 0 Å². The number of carbonyl (C=O) groups excluding carboxylic acids is 3. The van der Waals surface area contributed by atoms with Crippen molar-refractivity contribution in [3.63, 3.8) is 0 Å². The molecule has 1 aromatic carbocycles. The molecule has 1 aliphatic rings. The van der Waals surface area contributed by atoms with E-state index < -0.39 is 5.91 Å². The van der Waals surface area contributed by atoms with Crippen molar-refractivity contribution in [2.75, 3.05) is 34.4 Å². The average molecular weight is 413 g/mol. The molecule has 1 fully saturated rings. The number of hydrogen-bond acceptors (Lipinski definition) is 6. The molecule has 8 nitrogen and oxygen atoms in total. The second-order valence-corrected chi connectivity index (χ2v) is 6.65. The van der Waals surface area contributed by atoms with Gasteiger partial charge in [-0.05, 0) is 31.4 Å². The average Bonchev–Trinajstić information content (AvgIpc) is 3.19. The molecule has 1 heterocycles. The fourth-order valence-electron chi connectivity index (χ4n) is 3.10. The SMILES string of the molecule is COC(=O)CCCCC(=O)N1CCCN1C(=O)c1c(OC)ccc(Cl)c1OC. The lowest BCUT2D eigenvalue weighted by atomic mass is 10.1. The number of unbranched alkanes of at least 4 members (excludes halogenated alkanes) is 1. The number of ether oxygens (including phenoxy) is 3. The Morgan fingerprint density at radius 1 is 1.00 bits per heavy atom. The largest absolute Gasteiger partial charge is 0.496 e. The molecule has 28 heavy (non-hydrogen) atoms. The summed E-state index contributed by atoms with van der Waals surface area (Å²) in [5.74, 6) is -0.343. The van der Waals surface area contributed by atoms with Crippen LogP contribution in [0.15, 0.2) is 12.1 Å². The Balaban J connectivity index is 2.12. The quantitative estimate of drug-likeness (QED) is 0.482. The van der Waals surface area contributed by atoms with Crippen molar-refractivity contribution in [2.24, 2.45) is 0 Å². The van der Waals surface area contributed by atoms with Crippen molar-refractivity contribution in [2.45, 2.75) is 32.1 Å². The van der Waals surface area contributed by atoms with Crippen LogP contribution in [-0.4, -0.2) is 62.2 Å². The van der Waals surface area contributed by atoms with Crippen molar-refractivity contribution in [1.82, 2.24) is 10.0 Å². The summed E-state index contributed by atoms with van der Waals surface area (Å²) in [5.41, 5.74) is 0.183. The van der Waals surface area contributed by atoms with Crippen LogP contribution in [0.3, 0.4) is 0 Å². The minimum atomic E-state index is -0.406. The zero-order valence-electron chi connectivity index (χ0n) is 16.3. The predicted octanol–water partition coefficient (Wildman–Crippen LogP) is 2.68. The van der Waals surface area contributed by atoms with E-state index in [0.29, 0.717) is 38.1 Å². The van der Waals surface area contributed by atoms with Crippen molar-refractivity contribution in [3.05, 3.63) is 22.7 Å². The number of nitrogens with zero attached hydrogens (tertiary/aromatic N) is 2. The molecule has 2 amide bonds. The molecule has 0 N–H and O–H groups in total. The Morgan fingerprint density at radius 2 is 1.68 bits per heavy atom. The predicted molar refractivity (Wildman–Crippen MR) is 102 cm³/mol. The van der Waals surface area contributed by atoms with Crippen LogP contribution in [0.1, 0.15) is 42.5 Å². The lowest BCUT2D eigenvalue weighted by Crippen LogP contribution is -2.45. The van der Waals surface area contributed by atoms with Crippen molar-refractivity contribution in [3.8, 4) is 11.5 Å². The molecule has 0 bridgehead atoms. The van der Waals surface area contributed by atoms with E-state index in [1.165, 1.54) is 31.3 Å². The molecule has 0 atom stereocenters. The van der Waals surface area contributed by atoms with Crippen molar-refractivity contribution < 1.29 is 28.6 Å². The summed E-state index contributed by atoms with van der Waals surface area (Å²) in [5, 5.41) is 3.13. The minimum absolute atomic E-state index is 0.171. The summed E-state index contributed by atoms with van der Waals surface area (Å²) in [7, 11) is 4.21. The number of hydrazine groups is 1. The number of carbonyl (C=O) groups is 3. The van der Waals surface area contributed by atoms with Crippen LogP contribution in [0.5, 0.6) is 11.5 Å². The topological polar surface area (TPSA) is 85.4 Å². The summed E-state index contributed by atoms with van der Waals surface area (Å²) in [6.45, 7) is 0.859. The van der Waals surface area contributed by atoms with Gasteiger partial charge in [-0.15, -0.1) is 0 Å². The van der Waals surface area contributed by atoms with Crippen molar-refractivity contribution in [1.29, 1.82) is 0 Å². The highest BCUT2D eigenvalue weighted by molar-refractivity contribution is 6.32. The Hall–Kier alpha value is -2.48. The summed E-state index contributed by atoms with van der Waals surface area (Å²) in [6, 6.07) is 3.18. The Morgan fingerprint density at radius 3 is 2.32 bits per heavy atom. The molecule has 0 unspecified atom stereocenters. The third kappa shape index (κ3) is 4.86. The summed E-state index contributed by atoms with van der Waals surface area (Å²) in [4.78, 5) is 36.9. The van der Waals surface area contributed by atoms with Gasteiger partial charge in [-0.3, -0.25) is 19.4 Å². The molecule has 154 valence electrons. The number of benzene rings is 1. The van der Waals surface area contributed by atoms with Gasteiger partial charge in [0.05, 0.1) is 26.4 Å². The van der Waals surface area contributed by atoms with E-state index >= 15 is 0 Å². The molecule has 1 saturated heterocycles. The first kappa shape index (κ1) is 21.8. The van der Waals surface area contributed by atoms with Crippen LogP contribution in [0.2, 0.25) is 5.02 Å². The highest BCUT2D eigenvalue weighted by Gasteiger charge is 2.34. The number of rotatable bonds is 8. The molecule has 0 saturated carbocycles. The smallest absolute Gasteiger partial charge is 0.305 e. The van der Waals surface area contributed by atoms with Crippen LogP contribution in [0, 0.1) is 0 Å².